The van der Waals surface area contributed by atoms with Gasteiger partial charge in [-0.2, -0.15) is 4.37 Å². The largest absolute Gasteiger partial charge is 0.496 e. The number of ether oxygens (including phenoxy) is 1. The smallest absolute Gasteiger partial charge is 0.328 e. The minimum atomic E-state index is -0.985. The zero-order valence-electron chi connectivity index (χ0n) is 10.6. The molecule has 0 aliphatic rings. The number of benzene rings is 1. The predicted octanol–water partition coefficient (Wildman–Crippen LogP) is 2.94. The van der Waals surface area contributed by atoms with E-state index >= 15 is 0 Å². The topological polar surface area (TPSA) is 72.3 Å². The summed E-state index contributed by atoms with van der Waals surface area (Å²) in [6.07, 6.45) is 4.15. The van der Waals surface area contributed by atoms with Gasteiger partial charge in [0.05, 0.1) is 7.11 Å². The van der Waals surface area contributed by atoms with E-state index in [2.05, 4.69) is 9.36 Å². The molecule has 1 aromatic carbocycles. The van der Waals surface area contributed by atoms with E-state index in [1.165, 1.54) is 23.9 Å². The molecule has 0 aliphatic carbocycles. The van der Waals surface area contributed by atoms with Gasteiger partial charge in [0, 0.05) is 17.4 Å². The number of thioether (sulfide) groups is 1. The Morgan fingerprint density at radius 2 is 2.40 bits per heavy atom. The van der Waals surface area contributed by atoms with Crippen molar-refractivity contribution in [2.75, 3.05) is 7.11 Å². The first-order valence-electron chi connectivity index (χ1n) is 5.66. The summed E-state index contributed by atoms with van der Waals surface area (Å²) in [5.74, 6) is 0.403. The van der Waals surface area contributed by atoms with Crippen molar-refractivity contribution in [3.05, 3.63) is 41.7 Å². The standard InChI is InChI=1S/C13H12N2O3S2/c1-18-11-4-2-9(6-10(11)3-5-12(16)17)7-19-13-14-8-15-20-13/h2-6,8H,7H2,1H3,(H,16,17)/b5-3+. The van der Waals surface area contributed by atoms with Crippen molar-refractivity contribution >= 4 is 35.3 Å². The van der Waals surface area contributed by atoms with Gasteiger partial charge >= 0.3 is 5.97 Å². The summed E-state index contributed by atoms with van der Waals surface area (Å²) >= 11 is 2.94. The highest BCUT2D eigenvalue weighted by Gasteiger charge is 2.04. The number of carbonyl (C=O) groups is 1. The zero-order chi connectivity index (χ0) is 14.4. The summed E-state index contributed by atoms with van der Waals surface area (Å²) in [4.78, 5) is 14.7. The van der Waals surface area contributed by atoms with Crippen LogP contribution in [-0.4, -0.2) is 27.5 Å². The molecule has 0 saturated carbocycles. The van der Waals surface area contributed by atoms with Crippen LogP contribution in [0.15, 0.2) is 34.9 Å². The fraction of sp³-hybridized carbons (Fsp3) is 0.154. The summed E-state index contributed by atoms with van der Waals surface area (Å²) in [6.45, 7) is 0. The molecule has 0 aliphatic heterocycles. The Kier molecular flexibility index (Phi) is 5.14. The van der Waals surface area contributed by atoms with E-state index in [0.29, 0.717) is 5.75 Å². The number of methoxy groups -OCH3 is 1. The normalized spacial score (nSPS) is 10.8. The summed E-state index contributed by atoms with van der Waals surface area (Å²) < 4.78 is 10.1. The van der Waals surface area contributed by atoms with Gasteiger partial charge < -0.3 is 9.84 Å². The molecule has 1 N–H and O–H groups in total. The van der Waals surface area contributed by atoms with Crippen LogP contribution in [0.25, 0.3) is 6.08 Å². The Hall–Kier alpha value is -1.86. The zero-order valence-corrected chi connectivity index (χ0v) is 12.3. The molecule has 0 amide bonds. The van der Waals surface area contributed by atoms with Gasteiger partial charge in [-0.25, -0.2) is 9.78 Å². The summed E-state index contributed by atoms with van der Waals surface area (Å²) in [5.41, 5.74) is 1.81. The third kappa shape index (κ3) is 4.07. The average Bonchev–Trinajstić information content (AvgIpc) is 2.96. The molecule has 0 unspecified atom stereocenters. The number of hydrogen-bond acceptors (Lipinski definition) is 6. The van der Waals surface area contributed by atoms with Gasteiger partial charge in [-0.1, -0.05) is 17.8 Å². The van der Waals surface area contributed by atoms with Crippen molar-refractivity contribution in [3.63, 3.8) is 0 Å². The van der Waals surface area contributed by atoms with Crippen LogP contribution in [0.2, 0.25) is 0 Å². The van der Waals surface area contributed by atoms with E-state index in [4.69, 9.17) is 9.84 Å². The second kappa shape index (κ2) is 7.06. The number of aliphatic carboxylic acids is 1. The molecular formula is C13H12N2O3S2. The van der Waals surface area contributed by atoms with Crippen LogP contribution in [0, 0.1) is 0 Å². The van der Waals surface area contributed by atoms with Gasteiger partial charge in [0.25, 0.3) is 0 Å². The molecule has 0 fully saturated rings. The maximum atomic E-state index is 10.6. The van der Waals surface area contributed by atoms with Crippen molar-refractivity contribution in [1.29, 1.82) is 0 Å². The highest BCUT2D eigenvalue weighted by atomic mass is 32.2. The molecule has 2 aromatic rings. The lowest BCUT2D eigenvalue weighted by Crippen LogP contribution is -1.91. The molecule has 1 heterocycles. The molecule has 5 nitrogen and oxygen atoms in total. The Balaban J connectivity index is 2.14. The van der Waals surface area contributed by atoms with Crippen LogP contribution in [0.4, 0.5) is 0 Å². The maximum absolute atomic E-state index is 10.6. The number of carboxylic acid groups (broad SMARTS) is 1. The molecule has 0 bridgehead atoms. The van der Waals surface area contributed by atoms with Gasteiger partial charge in [0.1, 0.15) is 12.1 Å². The van der Waals surface area contributed by atoms with Gasteiger partial charge in [0.15, 0.2) is 4.34 Å². The van der Waals surface area contributed by atoms with Crippen molar-refractivity contribution in [2.24, 2.45) is 0 Å². The quantitative estimate of drug-likeness (QED) is 0.653. The lowest BCUT2D eigenvalue weighted by molar-refractivity contribution is -0.131. The predicted molar refractivity (Wildman–Crippen MR) is 79.1 cm³/mol. The van der Waals surface area contributed by atoms with Gasteiger partial charge in [0.2, 0.25) is 0 Å². The number of carboxylic acids is 1. The minimum absolute atomic E-state index is 0.646. The van der Waals surface area contributed by atoms with Crippen molar-refractivity contribution in [3.8, 4) is 5.75 Å². The Bertz CT molecular complexity index is 612. The van der Waals surface area contributed by atoms with Crippen molar-refractivity contribution in [2.45, 2.75) is 10.1 Å². The summed E-state index contributed by atoms with van der Waals surface area (Å²) in [7, 11) is 1.56. The van der Waals surface area contributed by atoms with Crippen LogP contribution in [0.5, 0.6) is 5.75 Å². The molecule has 0 saturated heterocycles. The van der Waals surface area contributed by atoms with E-state index in [1.807, 2.05) is 18.2 Å². The summed E-state index contributed by atoms with van der Waals surface area (Å²) in [5, 5.41) is 8.69. The SMILES string of the molecule is COc1ccc(CSc2ncns2)cc1/C=C/C(=O)O. The van der Waals surface area contributed by atoms with E-state index in [1.54, 1.807) is 18.9 Å². The Morgan fingerprint density at radius 1 is 1.55 bits per heavy atom. The maximum Gasteiger partial charge on any atom is 0.328 e. The molecule has 1 aromatic heterocycles. The highest BCUT2D eigenvalue weighted by molar-refractivity contribution is 8.00. The van der Waals surface area contributed by atoms with Crippen LogP contribution in [0.1, 0.15) is 11.1 Å². The Morgan fingerprint density at radius 3 is 3.05 bits per heavy atom. The van der Waals surface area contributed by atoms with Gasteiger partial charge in [-0.15, -0.1) is 0 Å². The Labute approximate surface area is 124 Å². The molecule has 0 atom stereocenters. The van der Waals surface area contributed by atoms with E-state index in [9.17, 15) is 4.79 Å². The molecule has 20 heavy (non-hydrogen) atoms. The lowest BCUT2D eigenvalue weighted by atomic mass is 10.1. The first kappa shape index (κ1) is 14.5. The first-order chi connectivity index (χ1) is 9.69. The third-order valence-electron chi connectivity index (χ3n) is 2.40. The lowest BCUT2D eigenvalue weighted by Gasteiger charge is -2.07. The van der Waals surface area contributed by atoms with Crippen LogP contribution >= 0.6 is 23.3 Å². The number of aromatic nitrogens is 2. The van der Waals surface area contributed by atoms with Crippen LogP contribution in [0.3, 0.4) is 0 Å². The average molecular weight is 308 g/mol. The van der Waals surface area contributed by atoms with Crippen molar-refractivity contribution < 1.29 is 14.6 Å². The third-order valence-corrected chi connectivity index (χ3v) is 4.27. The fourth-order valence-corrected chi connectivity index (χ4v) is 2.92. The molecule has 0 radical (unpaired) electrons. The number of rotatable bonds is 6. The second-order valence-electron chi connectivity index (χ2n) is 3.74. The second-order valence-corrected chi connectivity index (χ2v) is 5.75. The summed E-state index contributed by atoms with van der Waals surface area (Å²) in [6, 6.07) is 5.69. The number of nitrogens with zero attached hydrogens (tertiary/aromatic N) is 2. The molecule has 7 heteroatoms. The van der Waals surface area contributed by atoms with E-state index in [-0.39, 0.29) is 0 Å². The van der Waals surface area contributed by atoms with Gasteiger partial charge in [-0.05, 0) is 35.3 Å². The van der Waals surface area contributed by atoms with E-state index in [0.717, 1.165) is 27.3 Å². The van der Waals surface area contributed by atoms with Crippen molar-refractivity contribution in [1.82, 2.24) is 9.36 Å². The molecular weight excluding hydrogens is 296 g/mol. The highest BCUT2D eigenvalue weighted by Crippen LogP contribution is 2.27. The molecule has 2 rings (SSSR count). The monoisotopic (exact) mass is 308 g/mol. The van der Waals surface area contributed by atoms with E-state index < -0.39 is 5.97 Å². The molecule has 0 spiro atoms. The fourth-order valence-electron chi connectivity index (χ4n) is 1.54. The number of hydrogen-bond donors (Lipinski definition) is 1. The first-order valence-corrected chi connectivity index (χ1v) is 7.42. The van der Waals surface area contributed by atoms with Crippen LogP contribution in [-0.2, 0) is 10.5 Å². The van der Waals surface area contributed by atoms with Gasteiger partial charge in [-0.3, -0.25) is 0 Å². The minimum Gasteiger partial charge on any atom is -0.496 e. The molecule has 104 valence electrons. The van der Waals surface area contributed by atoms with Crippen LogP contribution < -0.4 is 4.74 Å².